The van der Waals surface area contributed by atoms with Gasteiger partial charge in [-0.05, 0) is 25.3 Å². The van der Waals surface area contributed by atoms with Crippen LogP contribution in [0.2, 0.25) is 0 Å². The van der Waals surface area contributed by atoms with Crippen LogP contribution < -0.4 is 4.74 Å². The standard InChI is InChI=1S/C13H18N2O2/c1-4-10-11(17-9-5-6-9)7-8-14-12(10)13(16)15(2)3/h7-9H,4-6H2,1-3H3. The number of pyridine rings is 1. The summed E-state index contributed by atoms with van der Waals surface area (Å²) >= 11 is 0. The Morgan fingerprint density at radius 1 is 1.53 bits per heavy atom. The van der Waals surface area contributed by atoms with Crippen LogP contribution in [0.3, 0.4) is 0 Å². The average molecular weight is 234 g/mol. The molecule has 1 aromatic rings. The molecule has 4 nitrogen and oxygen atoms in total. The molecule has 0 N–H and O–H groups in total. The zero-order chi connectivity index (χ0) is 12.4. The molecule has 1 saturated carbocycles. The van der Waals surface area contributed by atoms with Crippen LogP contribution in [0.1, 0.15) is 35.8 Å². The van der Waals surface area contributed by atoms with Crippen molar-refractivity contribution < 1.29 is 9.53 Å². The summed E-state index contributed by atoms with van der Waals surface area (Å²) in [4.78, 5) is 17.7. The number of rotatable bonds is 4. The Morgan fingerprint density at radius 3 is 2.76 bits per heavy atom. The number of aromatic nitrogens is 1. The lowest BCUT2D eigenvalue weighted by atomic mass is 10.1. The third kappa shape index (κ3) is 2.57. The van der Waals surface area contributed by atoms with Crippen LogP contribution in [0.5, 0.6) is 5.75 Å². The van der Waals surface area contributed by atoms with Crippen molar-refractivity contribution in [1.82, 2.24) is 9.88 Å². The lowest BCUT2D eigenvalue weighted by Gasteiger charge is -2.15. The van der Waals surface area contributed by atoms with Crippen molar-refractivity contribution in [3.63, 3.8) is 0 Å². The minimum absolute atomic E-state index is 0.0666. The first kappa shape index (κ1) is 11.9. The lowest BCUT2D eigenvalue weighted by molar-refractivity contribution is 0.0820. The van der Waals surface area contributed by atoms with Gasteiger partial charge in [-0.2, -0.15) is 0 Å². The molecule has 0 spiro atoms. The Bertz CT molecular complexity index is 425. The molecular formula is C13H18N2O2. The minimum Gasteiger partial charge on any atom is -0.490 e. The average Bonchev–Trinajstić information content (AvgIpc) is 3.11. The Hall–Kier alpha value is -1.58. The first-order chi connectivity index (χ1) is 8.13. The Labute approximate surface area is 102 Å². The predicted molar refractivity (Wildman–Crippen MR) is 65.3 cm³/mol. The van der Waals surface area contributed by atoms with Crippen molar-refractivity contribution in [2.45, 2.75) is 32.3 Å². The molecule has 1 aliphatic carbocycles. The van der Waals surface area contributed by atoms with E-state index in [-0.39, 0.29) is 5.91 Å². The second-order valence-electron chi connectivity index (χ2n) is 4.51. The molecule has 17 heavy (non-hydrogen) atoms. The maximum absolute atomic E-state index is 12.0. The fourth-order valence-electron chi connectivity index (χ4n) is 1.69. The van der Waals surface area contributed by atoms with E-state index in [9.17, 15) is 4.79 Å². The summed E-state index contributed by atoms with van der Waals surface area (Å²) in [5, 5.41) is 0. The van der Waals surface area contributed by atoms with Crippen molar-refractivity contribution in [1.29, 1.82) is 0 Å². The summed E-state index contributed by atoms with van der Waals surface area (Å²) < 4.78 is 5.81. The monoisotopic (exact) mass is 234 g/mol. The van der Waals surface area contributed by atoms with E-state index in [1.54, 1.807) is 25.2 Å². The Morgan fingerprint density at radius 2 is 2.24 bits per heavy atom. The molecular weight excluding hydrogens is 216 g/mol. The summed E-state index contributed by atoms with van der Waals surface area (Å²) in [7, 11) is 3.47. The van der Waals surface area contributed by atoms with E-state index >= 15 is 0 Å². The second-order valence-corrected chi connectivity index (χ2v) is 4.51. The van der Waals surface area contributed by atoms with Gasteiger partial charge in [-0.3, -0.25) is 9.78 Å². The number of nitrogens with zero attached hydrogens (tertiary/aromatic N) is 2. The summed E-state index contributed by atoms with van der Waals surface area (Å²) in [5.41, 5.74) is 1.42. The number of amides is 1. The van der Waals surface area contributed by atoms with Crippen molar-refractivity contribution >= 4 is 5.91 Å². The Balaban J connectivity index is 2.33. The van der Waals surface area contributed by atoms with Gasteiger partial charge in [-0.1, -0.05) is 6.92 Å². The van der Waals surface area contributed by atoms with Crippen LogP contribution >= 0.6 is 0 Å². The molecule has 0 unspecified atom stereocenters. The number of hydrogen-bond donors (Lipinski definition) is 0. The predicted octanol–water partition coefficient (Wildman–Crippen LogP) is 1.89. The summed E-state index contributed by atoms with van der Waals surface area (Å²) in [6, 6.07) is 1.85. The van der Waals surface area contributed by atoms with Crippen LogP contribution in [0, 0.1) is 0 Å². The SMILES string of the molecule is CCc1c(OC2CC2)ccnc1C(=O)N(C)C. The van der Waals surface area contributed by atoms with Crippen LogP contribution in [0.4, 0.5) is 0 Å². The molecule has 92 valence electrons. The molecule has 1 amide bonds. The molecule has 0 atom stereocenters. The molecule has 1 heterocycles. The van der Waals surface area contributed by atoms with E-state index in [0.717, 1.165) is 30.6 Å². The molecule has 0 aliphatic heterocycles. The van der Waals surface area contributed by atoms with Gasteiger partial charge in [0.25, 0.3) is 5.91 Å². The minimum atomic E-state index is -0.0666. The van der Waals surface area contributed by atoms with E-state index in [4.69, 9.17) is 4.74 Å². The Kier molecular flexibility index (Phi) is 3.31. The molecule has 0 radical (unpaired) electrons. The smallest absolute Gasteiger partial charge is 0.272 e. The van der Waals surface area contributed by atoms with E-state index in [1.165, 1.54) is 0 Å². The molecule has 4 heteroatoms. The fraction of sp³-hybridized carbons (Fsp3) is 0.538. The van der Waals surface area contributed by atoms with Gasteiger partial charge < -0.3 is 9.64 Å². The van der Waals surface area contributed by atoms with E-state index in [2.05, 4.69) is 4.98 Å². The highest BCUT2D eigenvalue weighted by atomic mass is 16.5. The second kappa shape index (κ2) is 4.73. The van der Waals surface area contributed by atoms with E-state index in [1.807, 2.05) is 13.0 Å². The molecule has 2 rings (SSSR count). The van der Waals surface area contributed by atoms with Crippen molar-refractivity contribution in [3.05, 3.63) is 23.5 Å². The molecule has 0 aromatic carbocycles. The van der Waals surface area contributed by atoms with Crippen molar-refractivity contribution in [3.8, 4) is 5.75 Å². The zero-order valence-corrected chi connectivity index (χ0v) is 10.6. The van der Waals surface area contributed by atoms with Gasteiger partial charge in [0, 0.05) is 25.9 Å². The highest BCUT2D eigenvalue weighted by molar-refractivity contribution is 5.94. The van der Waals surface area contributed by atoms with Gasteiger partial charge in [-0.25, -0.2) is 0 Å². The van der Waals surface area contributed by atoms with Crippen molar-refractivity contribution in [2.75, 3.05) is 14.1 Å². The molecule has 0 saturated heterocycles. The van der Waals surface area contributed by atoms with Gasteiger partial charge in [0.1, 0.15) is 11.4 Å². The quantitative estimate of drug-likeness (QED) is 0.799. The normalized spacial score (nSPS) is 14.5. The number of carbonyl (C=O) groups is 1. The summed E-state index contributed by atoms with van der Waals surface area (Å²) in [5.74, 6) is 0.748. The van der Waals surface area contributed by atoms with E-state index < -0.39 is 0 Å². The van der Waals surface area contributed by atoms with Crippen LogP contribution in [0.25, 0.3) is 0 Å². The van der Waals surface area contributed by atoms with Gasteiger partial charge >= 0.3 is 0 Å². The lowest BCUT2D eigenvalue weighted by Crippen LogP contribution is -2.24. The van der Waals surface area contributed by atoms with E-state index in [0.29, 0.717) is 11.8 Å². The highest BCUT2D eigenvalue weighted by Crippen LogP contribution is 2.30. The molecule has 1 fully saturated rings. The third-order valence-corrected chi connectivity index (χ3v) is 2.79. The maximum atomic E-state index is 12.0. The summed E-state index contributed by atoms with van der Waals surface area (Å²) in [6.45, 7) is 2.02. The summed E-state index contributed by atoms with van der Waals surface area (Å²) in [6.07, 6.45) is 4.97. The third-order valence-electron chi connectivity index (χ3n) is 2.79. The van der Waals surface area contributed by atoms with Crippen molar-refractivity contribution in [2.24, 2.45) is 0 Å². The maximum Gasteiger partial charge on any atom is 0.272 e. The number of carbonyl (C=O) groups excluding carboxylic acids is 1. The topological polar surface area (TPSA) is 42.4 Å². The van der Waals surface area contributed by atoms with Crippen LogP contribution in [-0.2, 0) is 6.42 Å². The van der Waals surface area contributed by atoms with Gasteiger partial charge in [0.15, 0.2) is 0 Å². The molecule has 1 aliphatic rings. The van der Waals surface area contributed by atoms with Gasteiger partial charge in [0.2, 0.25) is 0 Å². The first-order valence-electron chi connectivity index (χ1n) is 5.99. The molecule has 1 aromatic heterocycles. The van der Waals surface area contributed by atoms with Gasteiger partial charge in [-0.15, -0.1) is 0 Å². The fourth-order valence-corrected chi connectivity index (χ4v) is 1.69. The number of hydrogen-bond acceptors (Lipinski definition) is 3. The highest BCUT2D eigenvalue weighted by Gasteiger charge is 2.26. The first-order valence-corrected chi connectivity index (χ1v) is 5.99. The van der Waals surface area contributed by atoms with Crippen LogP contribution in [0.15, 0.2) is 12.3 Å². The number of ether oxygens (including phenoxy) is 1. The zero-order valence-electron chi connectivity index (χ0n) is 10.6. The molecule has 0 bridgehead atoms. The van der Waals surface area contributed by atoms with Crippen LogP contribution in [-0.4, -0.2) is 36.0 Å². The largest absolute Gasteiger partial charge is 0.490 e. The van der Waals surface area contributed by atoms with Gasteiger partial charge in [0.05, 0.1) is 6.10 Å².